The van der Waals surface area contributed by atoms with Crippen molar-refractivity contribution in [2.75, 3.05) is 0 Å². The first kappa shape index (κ1) is 23.1. The van der Waals surface area contributed by atoms with E-state index in [1.807, 2.05) is 38.6 Å². The number of rotatable bonds is 7. The van der Waals surface area contributed by atoms with E-state index >= 15 is 0 Å². The van der Waals surface area contributed by atoms with Crippen LogP contribution >= 0.6 is 7.60 Å². The van der Waals surface area contributed by atoms with Crippen LogP contribution in [0.2, 0.25) is 0 Å². The average Bonchev–Trinajstić information content (AvgIpc) is 2.42. The summed E-state index contributed by atoms with van der Waals surface area (Å²) in [6.45, 7) is 5.97. The standard InChI is InChI=1S/C14H24NO5PS.HI/c1-5-10-9-15(4)13(7-3)12(11(10)6-2)8-14(22(19)20)21(16,17)18;/h9,14H,5-8H2,1-4H3,(H2-,16,17,18,19,20);1H. The Balaban J connectivity index is 0.00000484. The van der Waals surface area contributed by atoms with Gasteiger partial charge in [-0.2, -0.15) is 0 Å². The first-order chi connectivity index (χ1) is 10.2. The molecule has 9 heteroatoms. The van der Waals surface area contributed by atoms with Crippen molar-refractivity contribution in [3.05, 3.63) is 28.6 Å². The second-order valence-electron chi connectivity index (χ2n) is 5.25. The Bertz CT molecular complexity index is 620. The molecule has 1 aromatic rings. The molecule has 0 bridgehead atoms. The van der Waals surface area contributed by atoms with E-state index in [4.69, 9.17) is 0 Å². The maximum atomic E-state index is 11.6. The largest absolute Gasteiger partial charge is 1.00 e. The summed E-state index contributed by atoms with van der Waals surface area (Å²) in [5.41, 5.74) is 3.87. The zero-order chi connectivity index (χ0) is 17.1. The van der Waals surface area contributed by atoms with Gasteiger partial charge in [-0.1, -0.05) is 20.8 Å². The van der Waals surface area contributed by atoms with E-state index < -0.39 is 23.7 Å². The van der Waals surface area contributed by atoms with Gasteiger partial charge in [0.05, 0.1) is 0 Å². The first-order valence-corrected chi connectivity index (χ1v) is 10.2. The zero-order valence-electron chi connectivity index (χ0n) is 13.8. The van der Waals surface area contributed by atoms with E-state index in [-0.39, 0.29) is 30.4 Å². The Morgan fingerprint density at radius 1 is 1.17 bits per heavy atom. The summed E-state index contributed by atoms with van der Waals surface area (Å²) in [6, 6.07) is 0. The molecule has 1 rings (SSSR count). The van der Waals surface area contributed by atoms with Crippen LogP contribution in [0.1, 0.15) is 43.2 Å². The molecule has 1 heterocycles. The molecule has 0 amide bonds. The molecule has 23 heavy (non-hydrogen) atoms. The second-order valence-corrected chi connectivity index (χ2v) is 8.53. The Morgan fingerprint density at radius 2 is 1.74 bits per heavy atom. The van der Waals surface area contributed by atoms with Crippen molar-refractivity contribution in [1.82, 2.24) is 0 Å². The number of nitrogens with zero attached hydrogens (tertiary/aromatic N) is 1. The molecule has 2 unspecified atom stereocenters. The molecule has 134 valence electrons. The van der Waals surface area contributed by atoms with Crippen LogP contribution in [0, 0.1) is 0 Å². The van der Waals surface area contributed by atoms with Crippen LogP contribution < -0.4 is 28.5 Å². The van der Waals surface area contributed by atoms with E-state index in [1.54, 1.807) is 0 Å². The van der Waals surface area contributed by atoms with Crippen LogP contribution in [0.15, 0.2) is 6.20 Å². The van der Waals surface area contributed by atoms with Crippen molar-refractivity contribution >= 4 is 18.7 Å². The van der Waals surface area contributed by atoms with Crippen molar-refractivity contribution in [2.45, 2.75) is 51.4 Å². The van der Waals surface area contributed by atoms with Gasteiger partial charge in [-0.25, -0.2) is 8.78 Å². The Hall–Kier alpha value is 0.140. The summed E-state index contributed by atoms with van der Waals surface area (Å²) >= 11 is -2.58. The van der Waals surface area contributed by atoms with Crippen molar-refractivity contribution in [3.8, 4) is 0 Å². The maximum absolute atomic E-state index is 11.6. The quantitative estimate of drug-likeness (QED) is 0.192. The van der Waals surface area contributed by atoms with E-state index in [0.29, 0.717) is 6.42 Å². The summed E-state index contributed by atoms with van der Waals surface area (Å²) in [5, 5.41) is 0. The molecular formula is C14H25INO5PS. The molecule has 0 aliphatic rings. The van der Waals surface area contributed by atoms with Crippen LogP contribution in [0.3, 0.4) is 0 Å². The third-order valence-corrected chi connectivity index (χ3v) is 6.86. The van der Waals surface area contributed by atoms with Crippen molar-refractivity contribution in [1.29, 1.82) is 0 Å². The smallest absolute Gasteiger partial charge is 0.343 e. The lowest BCUT2D eigenvalue weighted by Gasteiger charge is -2.19. The van der Waals surface area contributed by atoms with Gasteiger partial charge in [-0.05, 0) is 18.4 Å². The number of halogens is 1. The topological polar surface area (TPSA) is 98.7 Å². The van der Waals surface area contributed by atoms with E-state index in [9.17, 15) is 23.1 Å². The van der Waals surface area contributed by atoms with Crippen molar-refractivity contribution in [3.63, 3.8) is 0 Å². The fraction of sp³-hybridized carbons (Fsp3) is 0.643. The van der Waals surface area contributed by atoms with Crippen molar-refractivity contribution < 1.29 is 51.7 Å². The minimum Gasteiger partial charge on any atom is -1.00 e. The number of hydrogen-bond donors (Lipinski definition) is 3. The van der Waals surface area contributed by atoms with Crippen LogP contribution in [-0.4, -0.2) is 23.5 Å². The Morgan fingerprint density at radius 3 is 2.09 bits per heavy atom. The van der Waals surface area contributed by atoms with Gasteiger partial charge in [0.15, 0.2) is 28.0 Å². The molecule has 0 aliphatic carbocycles. The van der Waals surface area contributed by atoms with E-state index in [1.165, 1.54) is 0 Å². The predicted octanol–water partition coefficient (Wildman–Crippen LogP) is -1.53. The van der Waals surface area contributed by atoms with Gasteiger partial charge < -0.3 is 38.3 Å². The van der Waals surface area contributed by atoms with Crippen LogP contribution in [0.5, 0.6) is 0 Å². The SMILES string of the molecule is CCc1c[n+](C)c(CC)c(CC(S(=O)O)P(=O)(O)O)c1CC.[I-]. The first-order valence-electron chi connectivity index (χ1n) is 7.34. The summed E-state index contributed by atoms with van der Waals surface area (Å²) in [7, 11) is -2.76. The number of pyridine rings is 1. The highest BCUT2D eigenvalue weighted by atomic mass is 127. The molecule has 3 N–H and O–H groups in total. The molecular weight excluding hydrogens is 452 g/mol. The van der Waals surface area contributed by atoms with Gasteiger partial charge in [0, 0.05) is 24.0 Å². The van der Waals surface area contributed by atoms with Gasteiger partial charge in [0.1, 0.15) is 7.05 Å². The molecule has 0 radical (unpaired) electrons. The molecule has 0 aliphatic heterocycles. The van der Waals surface area contributed by atoms with Crippen LogP contribution in [-0.2, 0) is 48.4 Å². The van der Waals surface area contributed by atoms with Gasteiger partial charge in [-0.3, -0.25) is 4.57 Å². The number of aromatic nitrogens is 1. The highest BCUT2D eigenvalue weighted by Gasteiger charge is 2.36. The highest BCUT2D eigenvalue weighted by molar-refractivity contribution is 7.88. The molecule has 6 nitrogen and oxygen atoms in total. The lowest BCUT2D eigenvalue weighted by atomic mass is 9.94. The highest BCUT2D eigenvalue weighted by Crippen LogP contribution is 2.44. The van der Waals surface area contributed by atoms with Gasteiger partial charge in [-0.15, -0.1) is 0 Å². The monoisotopic (exact) mass is 477 g/mol. The predicted molar refractivity (Wildman–Crippen MR) is 86.1 cm³/mol. The summed E-state index contributed by atoms with van der Waals surface area (Å²) in [6.07, 6.45) is 4.15. The maximum Gasteiger partial charge on any atom is 0.343 e. The van der Waals surface area contributed by atoms with E-state index in [2.05, 4.69) is 0 Å². The van der Waals surface area contributed by atoms with Gasteiger partial charge in [0.2, 0.25) is 0 Å². The lowest BCUT2D eigenvalue weighted by molar-refractivity contribution is -0.679. The molecule has 0 fully saturated rings. The third kappa shape index (κ3) is 5.57. The molecule has 1 aromatic heterocycles. The zero-order valence-corrected chi connectivity index (χ0v) is 17.7. The Labute approximate surface area is 157 Å². The fourth-order valence-electron chi connectivity index (χ4n) is 2.90. The fourth-order valence-corrected chi connectivity index (χ4v) is 4.57. The summed E-state index contributed by atoms with van der Waals surface area (Å²) in [5.74, 6) is 0. The molecule has 0 spiro atoms. The van der Waals surface area contributed by atoms with Gasteiger partial charge >= 0.3 is 7.60 Å². The minimum absolute atomic E-state index is 0. The normalized spacial score (nSPS) is 14.2. The van der Waals surface area contributed by atoms with Crippen LogP contribution in [0.25, 0.3) is 0 Å². The second kappa shape index (κ2) is 9.58. The lowest BCUT2D eigenvalue weighted by Crippen LogP contribution is -3.00. The molecule has 0 aromatic carbocycles. The molecule has 0 saturated carbocycles. The van der Waals surface area contributed by atoms with Crippen LogP contribution in [0.4, 0.5) is 0 Å². The number of aryl methyl sites for hydroxylation is 2. The summed E-state index contributed by atoms with van der Waals surface area (Å²) < 4.78 is 34.2. The average molecular weight is 477 g/mol. The third-order valence-electron chi connectivity index (χ3n) is 3.93. The summed E-state index contributed by atoms with van der Waals surface area (Å²) in [4.78, 5) is 17.2. The van der Waals surface area contributed by atoms with E-state index in [0.717, 1.165) is 35.2 Å². The van der Waals surface area contributed by atoms with Crippen molar-refractivity contribution in [2.24, 2.45) is 7.05 Å². The molecule has 0 saturated heterocycles. The minimum atomic E-state index is -4.66. The Kier molecular flexibility index (Phi) is 9.64. The van der Waals surface area contributed by atoms with Gasteiger partial charge in [0.25, 0.3) is 0 Å². The number of hydrogen-bond acceptors (Lipinski definition) is 2. The molecule has 2 atom stereocenters.